The lowest BCUT2D eigenvalue weighted by Crippen LogP contribution is -1.97. The third kappa shape index (κ3) is 1.59. The van der Waals surface area contributed by atoms with Crippen LogP contribution in [0.1, 0.15) is 21.5 Å². The second-order valence-corrected chi connectivity index (χ2v) is 3.77. The molecule has 2 rings (SSSR count). The molecule has 0 saturated carbocycles. The van der Waals surface area contributed by atoms with Gasteiger partial charge >= 0.3 is 5.97 Å². The fourth-order valence-corrected chi connectivity index (χ4v) is 1.73. The molecule has 2 aromatic rings. The number of hydrogen-bond donors (Lipinski definition) is 1. The highest BCUT2D eigenvalue weighted by Crippen LogP contribution is 2.22. The molecule has 15 heavy (non-hydrogen) atoms. The van der Waals surface area contributed by atoms with Crippen molar-refractivity contribution in [3.8, 4) is 0 Å². The Hall–Kier alpha value is -1.83. The number of carboxylic acid groups (broad SMARTS) is 1. The molecule has 0 atom stereocenters. The predicted octanol–water partition coefficient (Wildman–Crippen LogP) is 3.15. The van der Waals surface area contributed by atoms with Crippen molar-refractivity contribution in [2.45, 2.75) is 13.8 Å². The van der Waals surface area contributed by atoms with Crippen molar-refractivity contribution < 1.29 is 9.90 Å². The monoisotopic (exact) mass is 200 g/mol. The van der Waals surface area contributed by atoms with Crippen LogP contribution in [0.3, 0.4) is 0 Å². The first-order chi connectivity index (χ1) is 7.09. The number of fused-ring (bicyclic) bond motifs is 1. The Kier molecular flexibility index (Phi) is 2.19. The summed E-state index contributed by atoms with van der Waals surface area (Å²) in [6.07, 6.45) is 0. The van der Waals surface area contributed by atoms with Gasteiger partial charge in [0.1, 0.15) is 0 Å². The maximum atomic E-state index is 11.0. The van der Waals surface area contributed by atoms with Crippen LogP contribution in [0.5, 0.6) is 0 Å². The van der Waals surface area contributed by atoms with E-state index in [2.05, 4.69) is 0 Å². The van der Waals surface area contributed by atoms with Gasteiger partial charge in [-0.05, 0) is 41.8 Å². The van der Waals surface area contributed by atoms with Crippen molar-refractivity contribution >= 4 is 16.7 Å². The largest absolute Gasteiger partial charge is 0.478 e. The van der Waals surface area contributed by atoms with Crippen LogP contribution in [0.2, 0.25) is 0 Å². The van der Waals surface area contributed by atoms with Crippen LogP contribution in [-0.4, -0.2) is 11.1 Å². The zero-order chi connectivity index (χ0) is 11.0. The molecule has 0 saturated heterocycles. The second kappa shape index (κ2) is 3.39. The maximum Gasteiger partial charge on any atom is 0.336 e. The first-order valence-electron chi connectivity index (χ1n) is 4.83. The van der Waals surface area contributed by atoms with Gasteiger partial charge in [-0.1, -0.05) is 24.3 Å². The molecule has 0 heterocycles. The summed E-state index contributed by atoms with van der Waals surface area (Å²) in [6, 6.07) is 9.32. The van der Waals surface area contributed by atoms with E-state index in [0.717, 1.165) is 16.3 Å². The van der Waals surface area contributed by atoms with Crippen LogP contribution in [-0.2, 0) is 0 Å². The van der Waals surface area contributed by atoms with Gasteiger partial charge in [0.15, 0.2) is 0 Å². The van der Waals surface area contributed by atoms with Crippen molar-refractivity contribution in [1.82, 2.24) is 0 Å². The van der Waals surface area contributed by atoms with E-state index in [1.54, 1.807) is 12.1 Å². The quantitative estimate of drug-likeness (QED) is 0.767. The number of hydrogen-bond acceptors (Lipinski definition) is 1. The Morgan fingerprint density at radius 2 is 1.80 bits per heavy atom. The van der Waals surface area contributed by atoms with Crippen molar-refractivity contribution in [1.29, 1.82) is 0 Å². The number of carbonyl (C=O) groups is 1. The molecular weight excluding hydrogens is 188 g/mol. The van der Waals surface area contributed by atoms with Gasteiger partial charge < -0.3 is 5.11 Å². The molecule has 2 heteroatoms. The highest BCUT2D eigenvalue weighted by atomic mass is 16.4. The minimum Gasteiger partial charge on any atom is -0.478 e. The lowest BCUT2D eigenvalue weighted by Gasteiger charge is -2.06. The average molecular weight is 200 g/mol. The van der Waals surface area contributed by atoms with Gasteiger partial charge in [0, 0.05) is 0 Å². The number of aromatic carboxylic acids is 1. The third-order valence-electron chi connectivity index (χ3n) is 2.73. The number of rotatable bonds is 1. The molecule has 0 aliphatic rings. The predicted molar refractivity (Wildman–Crippen MR) is 60.4 cm³/mol. The van der Waals surface area contributed by atoms with E-state index in [1.165, 1.54) is 5.56 Å². The zero-order valence-corrected chi connectivity index (χ0v) is 8.74. The van der Waals surface area contributed by atoms with E-state index in [4.69, 9.17) is 5.11 Å². The van der Waals surface area contributed by atoms with Crippen molar-refractivity contribution in [2.75, 3.05) is 0 Å². The fraction of sp³-hybridized carbons (Fsp3) is 0.154. The SMILES string of the molecule is Cc1cc2cccc(C(=O)O)c2cc1C. The van der Waals surface area contributed by atoms with Crippen LogP contribution in [0.4, 0.5) is 0 Å². The molecule has 2 aromatic carbocycles. The smallest absolute Gasteiger partial charge is 0.336 e. The number of aryl methyl sites for hydroxylation is 2. The normalized spacial score (nSPS) is 10.5. The van der Waals surface area contributed by atoms with E-state index >= 15 is 0 Å². The van der Waals surface area contributed by atoms with Gasteiger partial charge in [-0.2, -0.15) is 0 Å². The molecule has 0 fully saturated rings. The van der Waals surface area contributed by atoms with E-state index < -0.39 is 5.97 Å². The topological polar surface area (TPSA) is 37.3 Å². The van der Waals surface area contributed by atoms with Gasteiger partial charge in [-0.25, -0.2) is 4.79 Å². The van der Waals surface area contributed by atoms with Crippen LogP contribution in [0.25, 0.3) is 10.8 Å². The standard InChI is InChI=1S/C13H12O2/c1-8-6-10-4-3-5-11(13(14)15)12(10)7-9(8)2/h3-7H,1-2H3,(H,14,15). The summed E-state index contributed by atoms with van der Waals surface area (Å²) < 4.78 is 0. The average Bonchev–Trinajstić information content (AvgIpc) is 2.18. The lowest BCUT2D eigenvalue weighted by molar-refractivity contribution is 0.0699. The molecule has 2 nitrogen and oxygen atoms in total. The van der Waals surface area contributed by atoms with Crippen molar-refractivity contribution in [3.05, 3.63) is 47.0 Å². The van der Waals surface area contributed by atoms with E-state index in [0.29, 0.717) is 5.56 Å². The summed E-state index contributed by atoms with van der Waals surface area (Å²) in [4.78, 5) is 11.0. The fourth-order valence-electron chi connectivity index (χ4n) is 1.73. The summed E-state index contributed by atoms with van der Waals surface area (Å²) in [5.41, 5.74) is 2.68. The molecule has 0 bridgehead atoms. The van der Waals surface area contributed by atoms with Crippen LogP contribution in [0.15, 0.2) is 30.3 Å². The Morgan fingerprint density at radius 1 is 1.13 bits per heavy atom. The maximum absolute atomic E-state index is 11.0. The molecule has 1 N–H and O–H groups in total. The van der Waals surface area contributed by atoms with Gasteiger partial charge in [0.2, 0.25) is 0 Å². The van der Waals surface area contributed by atoms with E-state index in [1.807, 2.05) is 32.0 Å². The molecule has 0 radical (unpaired) electrons. The molecule has 76 valence electrons. The van der Waals surface area contributed by atoms with Crippen LogP contribution < -0.4 is 0 Å². The first kappa shape index (κ1) is 9.71. The zero-order valence-electron chi connectivity index (χ0n) is 8.74. The molecular formula is C13H12O2. The Morgan fingerprint density at radius 3 is 2.47 bits per heavy atom. The third-order valence-corrected chi connectivity index (χ3v) is 2.73. The summed E-state index contributed by atoms with van der Waals surface area (Å²) in [5, 5.41) is 10.8. The molecule has 0 aliphatic carbocycles. The molecule has 0 unspecified atom stereocenters. The number of benzene rings is 2. The summed E-state index contributed by atoms with van der Waals surface area (Å²) in [6.45, 7) is 4.02. The van der Waals surface area contributed by atoms with Crippen molar-refractivity contribution in [3.63, 3.8) is 0 Å². The molecule has 0 aromatic heterocycles. The molecule has 0 spiro atoms. The molecule has 0 aliphatic heterocycles. The Balaban J connectivity index is 2.86. The van der Waals surface area contributed by atoms with Gasteiger partial charge in [0.25, 0.3) is 0 Å². The minimum absolute atomic E-state index is 0.371. The summed E-state index contributed by atoms with van der Waals surface area (Å²) in [5.74, 6) is -0.871. The van der Waals surface area contributed by atoms with Crippen LogP contribution in [0, 0.1) is 13.8 Å². The van der Waals surface area contributed by atoms with E-state index in [9.17, 15) is 4.79 Å². The first-order valence-corrected chi connectivity index (χ1v) is 4.83. The highest BCUT2D eigenvalue weighted by molar-refractivity contribution is 6.04. The van der Waals surface area contributed by atoms with E-state index in [-0.39, 0.29) is 0 Å². The Bertz CT molecular complexity index is 541. The summed E-state index contributed by atoms with van der Waals surface area (Å²) >= 11 is 0. The lowest BCUT2D eigenvalue weighted by atomic mass is 9.99. The van der Waals surface area contributed by atoms with Gasteiger partial charge in [0.05, 0.1) is 5.56 Å². The summed E-state index contributed by atoms with van der Waals surface area (Å²) in [7, 11) is 0. The van der Waals surface area contributed by atoms with Gasteiger partial charge in [-0.15, -0.1) is 0 Å². The van der Waals surface area contributed by atoms with Gasteiger partial charge in [-0.3, -0.25) is 0 Å². The minimum atomic E-state index is -0.871. The molecule has 0 amide bonds. The highest BCUT2D eigenvalue weighted by Gasteiger charge is 2.08. The Labute approximate surface area is 88.2 Å². The van der Waals surface area contributed by atoms with Crippen molar-refractivity contribution in [2.24, 2.45) is 0 Å². The van der Waals surface area contributed by atoms with Crippen LogP contribution >= 0.6 is 0 Å². The second-order valence-electron chi connectivity index (χ2n) is 3.77. The number of carboxylic acids is 1.